The minimum absolute atomic E-state index is 0.169. The molecule has 10 heteroatoms. The molecule has 1 unspecified atom stereocenters. The Bertz CT molecular complexity index is 1030. The van der Waals surface area contributed by atoms with Crippen molar-refractivity contribution in [3.05, 3.63) is 56.4 Å². The monoisotopic (exact) mass is 358 g/mol. The Morgan fingerprint density at radius 2 is 2.12 bits per heavy atom. The average molecular weight is 358 g/mol. The lowest BCUT2D eigenvalue weighted by Gasteiger charge is -2.14. The van der Waals surface area contributed by atoms with Crippen LogP contribution in [0.2, 0.25) is 0 Å². The van der Waals surface area contributed by atoms with Crippen molar-refractivity contribution in [1.29, 1.82) is 0 Å². The second kappa shape index (κ2) is 6.82. The van der Waals surface area contributed by atoms with E-state index in [1.165, 1.54) is 6.20 Å². The number of aromatic nitrogens is 4. The Morgan fingerprint density at radius 1 is 1.38 bits per heavy atom. The normalized spacial score (nSPS) is 12.2. The molecular weight excluding hydrogens is 340 g/mol. The van der Waals surface area contributed by atoms with Gasteiger partial charge in [0, 0.05) is 19.9 Å². The van der Waals surface area contributed by atoms with E-state index in [1.54, 1.807) is 17.6 Å². The molecule has 0 fully saturated rings. The molecule has 3 rings (SSSR count). The molecule has 0 saturated heterocycles. The summed E-state index contributed by atoms with van der Waals surface area (Å²) in [7, 11) is 0. The highest BCUT2D eigenvalue weighted by atomic mass is 16.6. The molecule has 2 heterocycles. The van der Waals surface area contributed by atoms with Gasteiger partial charge >= 0.3 is 11.5 Å². The number of hydrogen-bond acceptors (Lipinski definition) is 5. The van der Waals surface area contributed by atoms with Crippen LogP contribution < -0.4 is 11.0 Å². The fourth-order valence-electron chi connectivity index (χ4n) is 2.74. The van der Waals surface area contributed by atoms with Crippen molar-refractivity contribution in [3.63, 3.8) is 0 Å². The van der Waals surface area contributed by atoms with Gasteiger partial charge in [-0.15, -0.1) is 0 Å². The number of nitrogens with zero attached hydrogens (tertiary/aromatic N) is 3. The minimum Gasteiger partial charge on any atom is -0.358 e. The summed E-state index contributed by atoms with van der Waals surface area (Å²) in [6.07, 6.45) is 1.49. The van der Waals surface area contributed by atoms with Crippen LogP contribution in [0.25, 0.3) is 11.0 Å². The summed E-state index contributed by atoms with van der Waals surface area (Å²) >= 11 is 0. The van der Waals surface area contributed by atoms with Crippen LogP contribution in [0.5, 0.6) is 0 Å². The predicted octanol–water partition coefficient (Wildman–Crippen LogP) is 1.54. The third-order valence-corrected chi connectivity index (χ3v) is 4.15. The van der Waals surface area contributed by atoms with E-state index in [0.717, 1.165) is 5.56 Å². The molecule has 26 heavy (non-hydrogen) atoms. The number of fused-ring (bicyclic) bond motifs is 1. The largest absolute Gasteiger partial charge is 0.381 e. The maximum atomic E-state index is 12.2. The SMILES string of the molecule is Cc1nc([N+](=O)[O-])cn1CCC(=O)NC(C)c1ccc2[nH]c(=O)[nH]c2c1. The second-order valence-electron chi connectivity index (χ2n) is 6.02. The first-order chi connectivity index (χ1) is 12.3. The van der Waals surface area contributed by atoms with Gasteiger partial charge in [-0.05, 0) is 34.5 Å². The lowest BCUT2D eigenvalue weighted by Crippen LogP contribution is -2.27. The third-order valence-electron chi connectivity index (χ3n) is 4.15. The fraction of sp³-hybridized carbons (Fsp3) is 0.312. The number of aryl methyl sites for hydroxylation is 2. The molecule has 136 valence electrons. The summed E-state index contributed by atoms with van der Waals surface area (Å²) in [6, 6.07) is 5.17. The molecule has 0 radical (unpaired) electrons. The number of H-pyrrole nitrogens is 2. The smallest absolute Gasteiger partial charge is 0.358 e. The van der Waals surface area contributed by atoms with Gasteiger partial charge in [0.2, 0.25) is 11.7 Å². The zero-order valence-corrected chi connectivity index (χ0v) is 14.3. The van der Waals surface area contributed by atoms with E-state index in [2.05, 4.69) is 20.3 Å². The second-order valence-corrected chi connectivity index (χ2v) is 6.02. The standard InChI is InChI=1S/C16H18N6O4/c1-9(11-3-4-12-13(7-11)20-16(24)19-12)17-15(23)5-6-21-8-14(22(25)26)18-10(21)2/h3-4,7-9H,5-6H2,1-2H3,(H,17,23)(H2,19,20,24). The van der Waals surface area contributed by atoms with E-state index in [4.69, 9.17) is 0 Å². The summed E-state index contributed by atoms with van der Waals surface area (Å²) in [6.45, 7) is 3.80. The highest BCUT2D eigenvalue weighted by Gasteiger charge is 2.16. The summed E-state index contributed by atoms with van der Waals surface area (Å²) < 4.78 is 1.58. The number of benzene rings is 1. The lowest BCUT2D eigenvalue weighted by molar-refractivity contribution is -0.389. The molecule has 10 nitrogen and oxygen atoms in total. The minimum atomic E-state index is -0.562. The molecule has 0 bridgehead atoms. The van der Waals surface area contributed by atoms with Crippen LogP contribution in [0.3, 0.4) is 0 Å². The first-order valence-corrected chi connectivity index (χ1v) is 8.03. The first kappa shape index (κ1) is 17.4. The van der Waals surface area contributed by atoms with Crippen LogP contribution in [0.4, 0.5) is 5.82 Å². The predicted molar refractivity (Wildman–Crippen MR) is 93.7 cm³/mol. The van der Waals surface area contributed by atoms with Crippen molar-refractivity contribution >= 4 is 22.8 Å². The third kappa shape index (κ3) is 3.63. The van der Waals surface area contributed by atoms with Gasteiger partial charge in [-0.2, -0.15) is 0 Å². The topological polar surface area (TPSA) is 139 Å². The number of hydrogen-bond donors (Lipinski definition) is 3. The van der Waals surface area contributed by atoms with E-state index in [9.17, 15) is 19.7 Å². The van der Waals surface area contributed by atoms with Gasteiger partial charge in [0.25, 0.3) is 0 Å². The Morgan fingerprint density at radius 3 is 2.81 bits per heavy atom. The number of imidazole rings is 2. The quantitative estimate of drug-likeness (QED) is 0.453. The molecule has 1 atom stereocenters. The van der Waals surface area contributed by atoms with E-state index >= 15 is 0 Å². The first-order valence-electron chi connectivity index (χ1n) is 8.03. The molecule has 0 aliphatic rings. The molecule has 0 saturated carbocycles. The molecule has 0 aliphatic carbocycles. The van der Waals surface area contributed by atoms with E-state index < -0.39 is 4.92 Å². The number of amides is 1. The van der Waals surface area contributed by atoms with Gasteiger partial charge < -0.3 is 30.0 Å². The van der Waals surface area contributed by atoms with Gasteiger partial charge in [0.05, 0.1) is 17.1 Å². The molecule has 1 aromatic carbocycles. The molecular formula is C16H18N6O4. The number of nitrogens with one attached hydrogen (secondary N) is 3. The molecule has 0 aliphatic heterocycles. The van der Waals surface area contributed by atoms with Crippen molar-refractivity contribution in [2.75, 3.05) is 0 Å². The Balaban J connectivity index is 1.61. The zero-order chi connectivity index (χ0) is 18.8. The van der Waals surface area contributed by atoms with Gasteiger partial charge in [-0.1, -0.05) is 6.07 Å². The number of rotatable bonds is 6. The Hall–Kier alpha value is -3.43. The summed E-state index contributed by atoms with van der Waals surface area (Å²) in [4.78, 5) is 42.8. The fourth-order valence-corrected chi connectivity index (χ4v) is 2.74. The van der Waals surface area contributed by atoms with Crippen molar-refractivity contribution in [1.82, 2.24) is 24.8 Å². The zero-order valence-electron chi connectivity index (χ0n) is 14.3. The van der Waals surface area contributed by atoms with Gasteiger partial charge in [0.15, 0.2) is 0 Å². The van der Waals surface area contributed by atoms with Crippen LogP contribution in [0.15, 0.2) is 29.2 Å². The molecule has 1 amide bonds. The Kier molecular flexibility index (Phi) is 4.57. The number of carbonyl (C=O) groups excluding carboxylic acids is 1. The van der Waals surface area contributed by atoms with E-state index in [0.29, 0.717) is 23.4 Å². The van der Waals surface area contributed by atoms with Crippen molar-refractivity contribution < 1.29 is 9.72 Å². The molecule has 3 N–H and O–H groups in total. The number of nitro groups is 1. The average Bonchev–Trinajstić information content (AvgIpc) is 3.13. The van der Waals surface area contributed by atoms with Crippen LogP contribution in [0.1, 0.15) is 30.8 Å². The van der Waals surface area contributed by atoms with Gasteiger partial charge in [0.1, 0.15) is 6.20 Å². The highest BCUT2D eigenvalue weighted by molar-refractivity contribution is 5.77. The van der Waals surface area contributed by atoms with Crippen LogP contribution in [-0.2, 0) is 11.3 Å². The van der Waals surface area contributed by atoms with Crippen LogP contribution in [0, 0.1) is 17.0 Å². The summed E-state index contributed by atoms with van der Waals surface area (Å²) in [5.74, 6) is 0.0698. The Labute approximate surface area is 147 Å². The van der Waals surface area contributed by atoms with Crippen LogP contribution in [-0.4, -0.2) is 30.3 Å². The molecule has 3 aromatic rings. The van der Waals surface area contributed by atoms with E-state index in [1.807, 2.05) is 19.1 Å². The summed E-state index contributed by atoms with van der Waals surface area (Å²) in [5, 5.41) is 13.6. The summed E-state index contributed by atoms with van der Waals surface area (Å²) in [5.41, 5.74) is 1.96. The van der Waals surface area contributed by atoms with E-state index in [-0.39, 0.29) is 29.9 Å². The lowest BCUT2D eigenvalue weighted by atomic mass is 10.1. The maximum Gasteiger partial charge on any atom is 0.381 e. The number of carbonyl (C=O) groups is 1. The van der Waals surface area contributed by atoms with Crippen LogP contribution >= 0.6 is 0 Å². The molecule has 0 spiro atoms. The van der Waals surface area contributed by atoms with Crippen molar-refractivity contribution in [2.24, 2.45) is 0 Å². The maximum absolute atomic E-state index is 12.2. The molecule has 2 aromatic heterocycles. The number of aromatic amines is 2. The van der Waals surface area contributed by atoms with Gasteiger partial charge in [-0.25, -0.2) is 4.79 Å². The van der Waals surface area contributed by atoms with Crippen molar-refractivity contribution in [3.8, 4) is 0 Å². The van der Waals surface area contributed by atoms with Gasteiger partial charge in [-0.3, -0.25) is 4.79 Å². The highest BCUT2D eigenvalue weighted by Crippen LogP contribution is 2.17. The van der Waals surface area contributed by atoms with Crippen molar-refractivity contribution in [2.45, 2.75) is 32.9 Å².